The highest BCUT2D eigenvalue weighted by Crippen LogP contribution is 2.19. The summed E-state index contributed by atoms with van der Waals surface area (Å²) in [6, 6.07) is 11.5. The maximum absolute atomic E-state index is 13.2. The quantitative estimate of drug-likeness (QED) is 0.702. The van der Waals surface area contributed by atoms with Crippen LogP contribution >= 0.6 is 0 Å². The van der Waals surface area contributed by atoms with Crippen LogP contribution in [0.3, 0.4) is 0 Å². The van der Waals surface area contributed by atoms with Crippen molar-refractivity contribution in [3.63, 3.8) is 0 Å². The van der Waals surface area contributed by atoms with Gasteiger partial charge in [-0.2, -0.15) is 0 Å². The van der Waals surface area contributed by atoms with Crippen molar-refractivity contribution >= 4 is 5.91 Å². The fraction of sp³-hybridized carbons (Fsp3) is 0.333. The van der Waals surface area contributed by atoms with Crippen LogP contribution < -0.4 is 5.56 Å². The predicted molar refractivity (Wildman–Crippen MR) is 105 cm³/mol. The molecule has 3 aromatic rings. The van der Waals surface area contributed by atoms with Gasteiger partial charge in [0.1, 0.15) is 11.4 Å². The largest absolute Gasteiger partial charge is 0.329 e. The molecule has 4 rings (SSSR count). The molecule has 1 aliphatic rings. The molecule has 144 valence electrons. The van der Waals surface area contributed by atoms with E-state index in [9.17, 15) is 9.59 Å². The number of carbonyl (C=O) groups is 1. The molecular formula is C21H23N5O2. The van der Waals surface area contributed by atoms with Crippen LogP contribution in [0.5, 0.6) is 0 Å². The second-order valence-electron chi connectivity index (χ2n) is 7.21. The molecule has 1 unspecified atom stereocenters. The van der Waals surface area contributed by atoms with Crippen molar-refractivity contribution in [2.45, 2.75) is 39.9 Å². The number of hydrogen-bond acceptors (Lipinski definition) is 4. The lowest BCUT2D eigenvalue weighted by Crippen LogP contribution is -2.42. The summed E-state index contributed by atoms with van der Waals surface area (Å²) in [7, 11) is 0. The van der Waals surface area contributed by atoms with Crippen LogP contribution in [-0.2, 0) is 13.1 Å². The lowest BCUT2D eigenvalue weighted by atomic mass is 10.1. The van der Waals surface area contributed by atoms with Gasteiger partial charge in [-0.05, 0) is 38.0 Å². The van der Waals surface area contributed by atoms with Gasteiger partial charge in [0.25, 0.3) is 11.5 Å². The first-order valence-corrected chi connectivity index (χ1v) is 9.42. The molecule has 1 aliphatic heterocycles. The van der Waals surface area contributed by atoms with Gasteiger partial charge in [0.2, 0.25) is 0 Å². The van der Waals surface area contributed by atoms with Gasteiger partial charge in [-0.1, -0.05) is 30.3 Å². The van der Waals surface area contributed by atoms with Crippen molar-refractivity contribution in [1.82, 2.24) is 24.2 Å². The number of aromatic nitrogens is 4. The molecule has 0 fully saturated rings. The zero-order valence-electron chi connectivity index (χ0n) is 16.3. The van der Waals surface area contributed by atoms with E-state index in [1.54, 1.807) is 15.7 Å². The molecule has 1 atom stereocenters. The maximum Gasteiger partial charge on any atom is 0.264 e. The van der Waals surface area contributed by atoms with Crippen LogP contribution in [0.1, 0.15) is 46.1 Å². The van der Waals surface area contributed by atoms with Crippen molar-refractivity contribution < 1.29 is 4.79 Å². The van der Waals surface area contributed by atoms with Gasteiger partial charge in [0, 0.05) is 19.3 Å². The number of fused-ring (bicyclic) bond motifs is 1. The molecule has 1 amide bonds. The first kappa shape index (κ1) is 18.2. The van der Waals surface area contributed by atoms with Gasteiger partial charge in [-0.3, -0.25) is 9.59 Å². The highest BCUT2D eigenvalue weighted by atomic mass is 16.2. The molecule has 0 aliphatic carbocycles. The Labute approximate surface area is 163 Å². The summed E-state index contributed by atoms with van der Waals surface area (Å²) in [5.74, 6) is 1.35. The standard InChI is InChI=1S/C21H23N5O2/c1-14-9-10-25(15(2)17-7-5-4-6-8-17)21(28)19(14)20(27)24-11-12-26-16(3)22-23-18(26)13-24/h4-10,15H,11-13H2,1-3H3. The highest BCUT2D eigenvalue weighted by molar-refractivity contribution is 5.95. The van der Waals surface area contributed by atoms with E-state index < -0.39 is 0 Å². The number of nitrogens with zero attached hydrogens (tertiary/aromatic N) is 5. The maximum atomic E-state index is 13.2. The Morgan fingerprint density at radius 3 is 2.57 bits per heavy atom. The molecule has 7 nitrogen and oxygen atoms in total. The van der Waals surface area contributed by atoms with Gasteiger partial charge in [-0.25, -0.2) is 0 Å². The molecular weight excluding hydrogens is 354 g/mol. The Morgan fingerprint density at radius 1 is 1.07 bits per heavy atom. The summed E-state index contributed by atoms with van der Waals surface area (Å²) in [6.07, 6.45) is 1.77. The first-order valence-electron chi connectivity index (χ1n) is 9.42. The van der Waals surface area contributed by atoms with E-state index in [0.29, 0.717) is 25.2 Å². The SMILES string of the molecule is Cc1ccn(C(C)c2ccccc2)c(=O)c1C(=O)N1CCn2c(C)nnc2C1. The number of rotatable bonds is 3. The van der Waals surface area contributed by atoms with Crippen molar-refractivity contribution in [2.75, 3.05) is 6.54 Å². The smallest absolute Gasteiger partial charge is 0.264 e. The van der Waals surface area contributed by atoms with Gasteiger partial charge in [0.05, 0.1) is 12.6 Å². The van der Waals surface area contributed by atoms with E-state index in [1.165, 1.54) is 0 Å². The van der Waals surface area contributed by atoms with Crippen LogP contribution in [0.15, 0.2) is 47.4 Å². The molecule has 0 saturated heterocycles. The predicted octanol–water partition coefficient (Wildman–Crippen LogP) is 2.32. The van der Waals surface area contributed by atoms with Crippen LogP contribution in [0.25, 0.3) is 0 Å². The molecule has 0 saturated carbocycles. The Balaban J connectivity index is 1.68. The molecule has 0 N–H and O–H groups in total. The topological polar surface area (TPSA) is 73.0 Å². The third-order valence-electron chi connectivity index (χ3n) is 5.47. The number of benzene rings is 1. The lowest BCUT2D eigenvalue weighted by Gasteiger charge is -2.28. The van der Waals surface area contributed by atoms with Gasteiger partial charge in [0.15, 0.2) is 5.82 Å². The summed E-state index contributed by atoms with van der Waals surface area (Å²) < 4.78 is 3.64. The zero-order valence-corrected chi connectivity index (χ0v) is 16.3. The highest BCUT2D eigenvalue weighted by Gasteiger charge is 2.28. The summed E-state index contributed by atoms with van der Waals surface area (Å²) >= 11 is 0. The van der Waals surface area contributed by atoms with E-state index in [0.717, 1.165) is 17.2 Å². The second-order valence-corrected chi connectivity index (χ2v) is 7.21. The van der Waals surface area contributed by atoms with Crippen LogP contribution in [0.2, 0.25) is 0 Å². The fourth-order valence-corrected chi connectivity index (χ4v) is 3.73. The lowest BCUT2D eigenvalue weighted by molar-refractivity contribution is 0.0703. The monoisotopic (exact) mass is 377 g/mol. The average Bonchev–Trinajstić information content (AvgIpc) is 3.08. The minimum absolute atomic E-state index is 0.159. The summed E-state index contributed by atoms with van der Waals surface area (Å²) in [5.41, 5.74) is 1.68. The minimum atomic E-state index is -0.260. The van der Waals surface area contributed by atoms with Gasteiger partial charge >= 0.3 is 0 Å². The Kier molecular flexibility index (Phi) is 4.58. The van der Waals surface area contributed by atoms with Crippen molar-refractivity contribution in [2.24, 2.45) is 0 Å². The third kappa shape index (κ3) is 3.02. The second kappa shape index (κ2) is 7.07. The molecule has 0 spiro atoms. The fourth-order valence-electron chi connectivity index (χ4n) is 3.73. The average molecular weight is 377 g/mol. The third-order valence-corrected chi connectivity index (χ3v) is 5.47. The number of carbonyl (C=O) groups excluding carboxylic acids is 1. The molecule has 0 radical (unpaired) electrons. The van der Waals surface area contributed by atoms with Crippen molar-refractivity contribution in [1.29, 1.82) is 0 Å². The van der Waals surface area contributed by atoms with Crippen LogP contribution in [0.4, 0.5) is 0 Å². The van der Waals surface area contributed by atoms with Crippen molar-refractivity contribution in [3.8, 4) is 0 Å². The first-order chi connectivity index (χ1) is 13.5. The van der Waals surface area contributed by atoms with Crippen molar-refractivity contribution in [3.05, 3.63) is 81.3 Å². The number of amides is 1. The Bertz CT molecular complexity index is 1080. The normalized spacial score (nSPS) is 14.6. The van der Waals surface area contributed by atoms with E-state index in [1.807, 2.05) is 61.7 Å². The van der Waals surface area contributed by atoms with Gasteiger partial charge < -0.3 is 14.0 Å². The van der Waals surface area contributed by atoms with Crippen LogP contribution in [0, 0.1) is 13.8 Å². The molecule has 2 aromatic heterocycles. The Morgan fingerprint density at radius 2 is 1.82 bits per heavy atom. The summed E-state index contributed by atoms with van der Waals surface area (Å²) in [5, 5.41) is 8.23. The molecule has 7 heteroatoms. The molecule has 0 bridgehead atoms. The molecule has 28 heavy (non-hydrogen) atoms. The van der Waals surface area contributed by atoms with E-state index >= 15 is 0 Å². The summed E-state index contributed by atoms with van der Waals surface area (Å²) in [4.78, 5) is 28.1. The molecule has 3 heterocycles. The van der Waals surface area contributed by atoms with Crippen LogP contribution in [-0.4, -0.2) is 36.7 Å². The minimum Gasteiger partial charge on any atom is -0.329 e. The van der Waals surface area contributed by atoms with E-state index in [4.69, 9.17) is 0 Å². The molecule has 1 aromatic carbocycles. The van der Waals surface area contributed by atoms with E-state index in [-0.39, 0.29) is 23.1 Å². The zero-order chi connectivity index (χ0) is 19.8. The van der Waals surface area contributed by atoms with Gasteiger partial charge in [-0.15, -0.1) is 10.2 Å². The number of pyridine rings is 1. The Hall–Kier alpha value is -3.22. The number of aryl methyl sites for hydroxylation is 2. The number of hydrogen-bond donors (Lipinski definition) is 0. The summed E-state index contributed by atoms with van der Waals surface area (Å²) in [6.45, 7) is 7.21. The van der Waals surface area contributed by atoms with E-state index in [2.05, 4.69) is 10.2 Å².